The lowest BCUT2D eigenvalue weighted by molar-refractivity contribution is 0.719. The third-order valence-corrected chi connectivity index (χ3v) is 2.31. The van der Waals surface area contributed by atoms with Gasteiger partial charge in [0.05, 0.1) is 12.4 Å². The predicted molar refractivity (Wildman–Crippen MR) is 56.6 cm³/mol. The molecular formula is C8H6Cl2N4O. The van der Waals surface area contributed by atoms with Crippen LogP contribution in [0.2, 0.25) is 10.3 Å². The van der Waals surface area contributed by atoms with Gasteiger partial charge in [0.2, 0.25) is 0 Å². The molecule has 78 valence electrons. The molecule has 0 N–H and O–H groups in total. The van der Waals surface area contributed by atoms with Crippen molar-refractivity contribution in [3.63, 3.8) is 0 Å². The van der Waals surface area contributed by atoms with E-state index in [9.17, 15) is 4.79 Å². The Morgan fingerprint density at radius 1 is 1.40 bits per heavy atom. The third-order valence-electron chi connectivity index (χ3n) is 1.88. The van der Waals surface area contributed by atoms with Crippen LogP contribution in [-0.4, -0.2) is 19.3 Å². The van der Waals surface area contributed by atoms with Crippen molar-refractivity contribution in [1.29, 1.82) is 0 Å². The minimum atomic E-state index is -0.426. The minimum absolute atomic E-state index is 0.154. The molecule has 0 aromatic carbocycles. The van der Waals surface area contributed by atoms with E-state index in [-0.39, 0.29) is 10.3 Å². The second kappa shape index (κ2) is 3.67. The van der Waals surface area contributed by atoms with Crippen LogP contribution in [0, 0.1) is 0 Å². The van der Waals surface area contributed by atoms with Gasteiger partial charge in [-0.3, -0.25) is 14.0 Å². The zero-order chi connectivity index (χ0) is 11.0. The molecule has 0 aliphatic rings. The Hall–Kier alpha value is -1.33. The SMILES string of the molecule is Cn1nccc1-n1cc(Cl)nc(Cl)c1=O. The zero-order valence-electron chi connectivity index (χ0n) is 7.69. The fraction of sp³-hybridized carbons (Fsp3) is 0.125. The van der Waals surface area contributed by atoms with Gasteiger partial charge in [-0.15, -0.1) is 0 Å². The number of aryl methyl sites for hydroxylation is 1. The first-order valence-electron chi connectivity index (χ1n) is 4.02. The lowest BCUT2D eigenvalue weighted by Crippen LogP contribution is -2.21. The molecule has 0 aliphatic heterocycles. The molecule has 0 spiro atoms. The second-order valence-corrected chi connectivity index (χ2v) is 3.59. The number of hydrogen-bond donors (Lipinski definition) is 0. The highest BCUT2D eigenvalue weighted by Crippen LogP contribution is 2.09. The lowest BCUT2D eigenvalue weighted by Gasteiger charge is -2.05. The van der Waals surface area contributed by atoms with E-state index in [2.05, 4.69) is 10.1 Å². The van der Waals surface area contributed by atoms with Gasteiger partial charge in [-0.05, 0) is 0 Å². The first-order chi connectivity index (χ1) is 7.09. The molecule has 2 aromatic heterocycles. The van der Waals surface area contributed by atoms with Crippen molar-refractivity contribution in [2.24, 2.45) is 7.05 Å². The van der Waals surface area contributed by atoms with Crippen LogP contribution < -0.4 is 5.56 Å². The van der Waals surface area contributed by atoms with Crippen LogP contribution in [0.5, 0.6) is 0 Å². The summed E-state index contributed by atoms with van der Waals surface area (Å²) in [5.74, 6) is 0.575. The van der Waals surface area contributed by atoms with Crippen molar-refractivity contribution in [2.45, 2.75) is 0 Å². The van der Waals surface area contributed by atoms with E-state index >= 15 is 0 Å². The van der Waals surface area contributed by atoms with Gasteiger partial charge < -0.3 is 0 Å². The van der Waals surface area contributed by atoms with E-state index in [1.807, 2.05) is 0 Å². The smallest absolute Gasteiger partial charge is 0.265 e. The van der Waals surface area contributed by atoms with Gasteiger partial charge in [0.15, 0.2) is 5.15 Å². The van der Waals surface area contributed by atoms with Crippen LogP contribution in [0.25, 0.3) is 5.82 Å². The molecule has 15 heavy (non-hydrogen) atoms. The van der Waals surface area contributed by atoms with E-state index in [4.69, 9.17) is 23.2 Å². The molecule has 2 heterocycles. The summed E-state index contributed by atoms with van der Waals surface area (Å²) in [5, 5.41) is 3.93. The quantitative estimate of drug-likeness (QED) is 0.760. The minimum Gasteiger partial charge on any atom is -0.265 e. The normalized spacial score (nSPS) is 10.6. The molecule has 0 saturated heterocycles. The second-order valence-electron chi connectivity index (χ2n) is 2.84. The average Bonchev–Trinajstić information content (AvgIpc) is 2.58. The number of aromatic nitrogens is 4. The summed E-state index contributed by atoms with van der Waals surface area (Å²) < 4.78 is 2.83. The molecule has 0 amide bonds. The average molecular weight is 245 g/mol. The largest absolute Gasteiger partial charge is 0.294 e. The maximum Gasteiger partial charge on any atom is 0.294 e. The molecule has 5 nitrogen and oxygen atoms in total. The van der Waals surface area contributed by atoms with E-state index in [0.29, 0.717) is 5.82 Å². The van der Waals surface area contributed by atoms with E-state index < -0.39 is 5.56 Å². The maximum atomic E-state index is 11.6. The molecular weight excluding hydrogens is 239 g/mol. The summed E-state index contributed by atoms with van der Waals surface area (Å²) in [7, 11) is 1.71. The van der Waals surface area contributed by atoms with Crippen LogP contribution in [0.3, 0.4) is 0 Å². The Morgan fingerprint density at radius 3 is 2.73 bits per heavy atom. The van der Waals surface area contributed by atoms with Crippen molar-refractivity contribution in [3.8, 4) is 5.82 Å². The number of hydrogen-bond acceptors (Lipinski definition) is 3. The summed E-state index contributed by atoms with van der Waals surface area (Å²) in [5.41, 5.74) is -0.426. The van der Waals surface area contributed by atoms with Crippen molar-refractivity contribution in [3.05, 3.63) is 39.1 Å². The Morgan fingerprint density at radius 2 is 2.13 bits per heavy atom. The van der Waals surface area contributed by atoms with Crippen LogP contribution in [0.1, 0.15) is 0 Å². The molecule has 0 fully saturated rings. The topological polar surface area (TPSA) is 52.7 Å². The van der Waals surface area contributed by atoms with Gasteiger partial charge in [0.1, 0.15) is 11.0 Å². The van der Waals surface area contributed by atoms with Gasteiger partial charge in [0.25, 0.3) is 5.56 Å². The van der Waals surface area contributed by atoms with Crippen molar-refractivity contribution in [2.75, 3.05) is 0 Å². The monoisotopic (exact) mass is 244 g/mol. The van der Waals surface area contributed by atoms with E-state index in [0.717, 1.165) is 0 Å². The number of halogens is 2. The van der Waals surface area contributed by atoms with Crippen LogP contribution >= 0.6 is 23.2 Å². The van der Waals surface area contributed by atoms with E-state index in [1.165, 1.54) is 15.4 Å². The van der Waals surface area contributed by atoms with Gasteiger partial charge in [-0.25, -0.2) is 4.98 Å². The number of rotatable bonds is 1. The van der Waals surface area contributed by atoms with Crippen molar-refractivity contribution >= 4 is 23.2 Å². The van der Waals surface area contributed by atoms with Crippen LogP contribution in [0.15, 0.2) is 23.3 Å². The highest BCUT2D eigenvalue weighted by Gasteiger charge is 2.09. The Balaban J connectivity index is 2.74. The molecule has 7 heteroatoms. The van der Waals surface area contributed by atoms with Gasteiger partial charge in [-0.1, -0.05) is 23.2 Å². The summed E-state index contributed by atoms with van der Waals surface area (Å²) in [4.78, 5) is 15.3. The van der Waals surface area contributed by atoms with Gasteiger partial charge >= 0.3 is 0 Å². The summed E-state index contributed by atoms with van der Waals surface area (Å²) in [6.45, 7) is 0. The zero-order valence-corrected chi connectivity index (χ0v) is 9.20. The summed E-state index contributed by atoms with van der Waals surface area (Å²) >= 11 is 11.3. The van der Waals surface area contributed by atoms with Crippen molar-refractivity contribution < 1.29 is 0 Å². The molecule has 0 unspecified atom stereocenters. The summed E-state index contributed by atoms with van der Waals surface area (Å²) in [6, 6.07) is 1.67. The first kappa shape index (κ1) is 10.2. The van der Waals surface area contributed by atoms with Crippen molar-refractivity contribution in [1.82, 2.24) is 19.3 Å². The number of nitrogens with zero attached hydrogens (tertiary/aromatic N) is 4. The maximum absolute atomic E-state index is 11.6. The highest BCUT2D eigenvalue weighted by atomic mass is 35.5. The molecule has 0 saturated carbocycles. The molecule has 0 bridgehead atoms. The van der Waals surface area contributed by atoms with Gasteiger partial charge in [-0.2, -0.15) is 5.10 Å². The Labute approximate surface area is 94.9 Å². The summed E-state index contributed by atoms with van der Waals surface area (Å²) in [6.07, 6.45) is 2.97. The first-order valence-corrected chi connectivity index (χ1v) is 4.78. The molecule has 0 radical (unpaired) electrons. The third kappa shape index (κ3) is 1.75. The van der Waals surface area contributed by atoms with E-state index in [1.54, 1.807) is 19.3 Å². The Kier molecular flexibility index (Phi) is 2.50. The molecule has 0 atom stereocenters. The molecule has 2 rings (SSSR count). The lowest BCUT2D eigenvalue weighted by atomic mass is 10.5. The van der Waals surface area contributed by atoms with Crippen LogP contribution in [-0.2, 0) is 7.05 Å². The highest BCUT2D eigenvalue weighted by molar-refractivity contribution is 6.32. The molecule has 2 aromatic rings. The Bertz CT molecular complexity index is 560. The predicted octanol–water partition coefficient (Wildman–Crippen LogP) is 1.27. The fourth-order valence-electron chi connectivity index (χ4n) is 1.21. The van der Waals surface area contributed by atoms with Crippen LogP contribution in [0.4, 0.5) is 0 Å². The standard InChI is InChI=1S/C8H6Cl2N4O/c1-13-6(2-3-11-13)14-4-5(9)12-7(10)8(14)15/h2-4H,1H3. The van der Waals surface area contributed by atoms with Gasteiger partial charge in [0, 0.05) is 13.1 Å². The fourth-order valence-corrected chi connectivity index (χ4v) is 1.62. The molecule has 0 aliphatic carbocycles.